The molecule has 0 aromatic heterocycles. The Morgan fingerprint density at radius 3 is 2.38 bits per heavy atom. The Bertz CT molecular complexity index is 385. The number of ether oxygens (including phenoxy) is 1. The zero-order valence-electron chi connectivity index (χ0n) is 8.64. The van der Waals surface area contributed by atoms with Crippen molar-refractivity contribution in [3.63, 3.8) is 0 Å². The van der Waals surface area contributed by atoms with Crippen LogP contribution in [-0.4, -0.2) is 28.8 Å². The van der Waals surface area contributed by atoms with Crippen molar-refractivity contribution in [2.75, 3.05) is 7.11 Å². The van der Waals surface area contributed by atoms with Gasteiger partial charge in [-0.2, -0.15) is 0 Å². The maximum atomic E-state index is 11.7. The number of aliphatic carboxylic acids is 1. The van der Waals surface area contributed by atoms with Crippen LogP contribution in [0.15, 0.2) is 24.3 Å². The van der Waals surface area contributed by atoms with E-state index in [-0.39, 0.29) is 12.2 Å². The van der Waals surface area contributed by atoms with E-state index in [9.17, 15) is 9.59 Å². The topological polar surface area (TPSA) is 63.6 Å². The summed E-state index contributed by atoms with van der Waals surface area (Å²) >= 11 is 3.05. The fourth-order valence-corrected chi connectivity index (χ4v) is 1.72. The van der Waals surface area contributed by atoms with Gasteiger partial charge in [-0.15, -0.1) is 0 Å². The number of ketones is 1. The van der Waals surface area contributed by atoms with Crippen LogP contribution in [0.1, 0.15) is 16.8 Å². The number of hydrogen-bond acceptors (Lipinski definition) is 3. The molecule has 0 aliphatic rings. The highest BCUT2D eigenvalue weighted by atomic mass is 79.9. The van der Waals surface area contributed by atoms with Gasteiger partial charge >= 0.3 is 5.97 Å². The highest BCUT2D eigenvalue weighted by Gasteiger charge is 2.19. The minimum Gasteiger partial charge on any atom is -0.497 e. The number of carbonyl (C=O) groups is 2. The van der Waals surface area contributed by atoms with E-state index in [0.29, 0.717) is 11.3 Å². The molecular formula is C11H11BrO4. The summed E-state index contributed by atoms with van der Waals surface area (Å²) < 4.78 is 4.96. The molecule has 0 aliphatic carbocycles. The lowest BCUT2D eigenvalue weighted by atomic mass is 10.1. The SMILES string of the molecule is COc1ccc(C(=O)C(Br)CC(=O)O)cc1. The van der Waals surface area contributed by atoms with Crippen molar-refractivity contribution in [2.45, 2.75) is 11.2 Å². The molecule has 1 aromatic carbocycles. The lowest BCUT2D eigenvalue weighted by molar-refractivity contribution is -0.136. The van der Waals surface area contributed by atoms with Crippen LogP contribution in [0, 0.1) is 0 Å². The van der Waals surface area contributed by atoms with Gasteiger partial charge in [0.2, 0.25) is 0 Å². The van der Waals surface area contributed by atoms with Crippen LogP contribution in [0.25, 0.3) is 0 Å². The molecule has 0 spiro atoms. The van der Waals surface area contributed by atoms with Crippen LogP contribution in [0.5, 0.6) is 5.75 Å². The van der Waals surface area contributed by atoms with E-state index in [0.717, 1.165) is 0 Å². The zero-order chi connectivity index (χ0) is 12.1. The van der Waals surface area contributed by atoms with Gasteiger partial charge in [-0.05, 0) is 24.3 Å². The summed E-state index contributed by atoms with van der Waals surface area (Å²) in [5.41, 5.74) is 0.462. The summed E-state index contributed by atoms with van der Waals surface area (Å²) in [5, 5.41) is 8.56. The van der Waals surface area contributed by atoms with Crippen LogP contribution in [0.2, 0.25) is 0 Å². The van der Waals surface area contributed by atoms with E-state index in [1.807, 2.05) is 0 Å². The van der Waals surface area contributed by atoms with E-state index in [1.54, 1.807) is 24.3 Å². The number of benzene rings is 1. The Balaban J connectivity index is 2.75. The molecule has 1 rings (SSSR count). The van der Waals surface area contributed by atoms with Gasteiger partial charge in [-0.3, -0.25) is 9.59 Å². The normalized spacial score (nSPS) is 11.9. The molecule has 16 heavy (non-hydrogen) atoms. The molecule has 0 radical (unpaired) electrons. The molecule has 0 aliphatic heterocycles. The molecule has 1 aromatic rings. The third-order valence-electron chi connectivity index (χ3n) is 2.01. The minimum atomic E-state index is -1.01. The summed E-state index contributed by atoms with van der Waals surface area (Å²) in [4.78, 5) is 21.5. The first-order chi connectivity index (χ1) is 7.54. The first kappa shape index (κ1) is 12.7. The predicted octanol–water partition coefficient (Wildman–Crippen LogP) is 2.12. The molecular weight excluding hydrogens is 276 g/mol. The van der Waals surface area contributed by atoms with Gasteiger partial charge in [-0.1, -0.05) is 15.9 Å². The molecule has 4 nitrogen and oxygen atoms in total. The van der Waals surface area contributed by atoms with Crippen LogP contribution in [0.4, 0.5) is 0 Å². The number of halogens is 1. The van der Waals surface area contributed by atoms with Gasteiger partial charge < -0.3 is 9.84 Å². The summed E-state index contributed by atoms with van der Waals surface area (Å²) in [6.07, 6.45) is -0.231. The fraction of sp³-hybridized carbons (Fsp3) is 0.273. The molecule has 0 bridgehead atoms. The highest BCUT2D eigenvalue weighted by Crippen LogP contribution is 2.17. The van der Waals surface area contributed by atoms with Crippen molar-refractivity contribution in [3.05, 3.63) is 29.8 Å². The quantitative estimate of drug-likeness (QED) is 0.665. The third-order valence-corrected chi connectivity index (χ3v) is 2.75. The molecule has 86 valence electrons. The van der Waals surface area contributed by atoms with Gasteiger partial charge in [0.15, 0.2) is 5.78 Å². The molecule has 0 heterocycles. The van der Waals surface area contributed by atoms with E-state index < -0.39 is 10.8 Å². The first-order valence-corrected chi connectivity index (χ1v) is 5.50. The van der Waals surface area contributed by atoms with Gasteiger partial charge in [0, 0.05) is 5.56 Å². The smallest absolute Gasteiger partial charge is 0.304 e. The molecule has 0 saturated heterocycles. The van der Waals surface area contributed by atoms with Crippen molar-refractivity contribution in [1.29, 1.82) is 0 Å². The lowest BCUT2D eigenvalue weighted by Crippen LogP contribution is -2.18. The molecule has 0 saturated carbocycles. The van der Waals surface area contributed by atoms with Crippen LogP contribution < -0.4 is 4.74 Å². The molecule has 1 unspecified atom stereocenters. The van der Waals surface area contributed by atoms with E-state index in [4.69, 9.17) is 9.84 Å². The molecule has 0 amide bonds. The lowest BCUT2D eigenvalue weighted by Gasteiger charge is -2.06. The van der Waals surface area contributed by atoms with E-state index >= 15 is 0 Å². The largest absolute Gasteiger partial charge is 0.497 e. The average Bonchev–Trinajstić information content (AvgIpc) is 2.27. The van der Waals surface area contributed by atoms with Crippen LogP contribution in [0.3, 0.4) is 0 Å². The monoisotopic (exact) mass is 286 g/mol. The Hall–Kier alpha value is -1.36. The van der Waals surface area contributed by atoms with Crippen molar-refractivity contribution in [1.82, 2.24) is 0 Å². The van der Waals surface area contributed by atoms with E-state index in [2.05, 4.69) is 15.9 Å². The second kappa shape index (κ2) is 5.65. The van der Waals surface area contributed by atoms with Crippen molar-refractivity contribution in [3.8, 4) is 5.75 Å². The summed E-state index contributed by atoms with van der Waals surface area (Å²) in [6.45, 7) is 0. The van der Waals surface area contributed by atoms with Crippen LogP contribution in [-0.2, 0) is 4.79 Å². The highest BCUT2D eigenvalue weighted by molar-refractivity contribution is 9.10. The molecule has 1 atom stereocenters. The maximum absolute atomic E-state index is 11.7. The maximum Gasteiger partial charge on any atom is 0.304 e. The van der Waals surface area contributed by atoms with Crippen LogP contribution >= 0.6 is 15.9 Å². The summed E-state index contributed by atoms with van der Waals surface area (Å²) in [6, 6.07) is 6.54. The fourth-order valence-electron chi connectivity index (χ4n) is 1.18. The Kier molecular flexibility index (Phi) is 4.49. The summed E-state index contributed by atoms with van der Waals surface area (Å²) in [5.74, 6) is -0.602. The second-order valence-electron chi connectivity index (χ2n) is 3.16. The Morgan fingerprint density at radius 2 is 1.94 bits per heavy atom. The number of rotatable bonds is 5. The standard InChI is InChI=1S/C11H11BrO4/c1-16-8-4-2-7(3-5-8)11(15)9(12)6-10(13)14/h2-5,9H,6H2,1H3,(H,13,14). The number of carboxylic acid groups (broad SMARTS) is 1. The Morgan fingerprint density at radius 1 is 1.38 bits per heavy atom. The van der Waals surface area contributed by atoms with Gasteiger partial charge in [0.05, 0.1) is 18.4 Å². The van der Waals surface area contributed by atoms with Gasteiger partial charge in [0.1, 0.15) is 5.75 Å². The zero-order valence-corrected chi connectivity index (χ0v) is 10.2. The van der Waals surface area contributed by atoms with Crippen molar-refractivity contribution in [2.24, 2.45) is 0 Å². The third kappa shape index (κ3) is 3.34. The molecule has 1 N–H and O–H groups in total. The number of hydrogen-bond donors (Lipinski definition) is 1. The molecule has 0 fully saturated rings. The number of alkyl halides is 1. The number of carboxylic acids is 1. The number of Topliss-reactive ketones (excluding diaryl/α,β-unsaturated/α-hetero) is 1. The van der Waals surface area contributed by atoms with Gasteiger partial charge in [-0.25, -0.2) is 0 Å². The Labute approximate surface area is 101 Å². The first-order valence-electron chi connectivity index (χ1n) is 4.58. The van der Waals surface area contributed by atoms with Gasteiger partial charge in [0.25, 0.3) is 0 Å². The van der Waals surface area contributed by atoms with E-state index in [1.165, 1.54) is 7.11 Å². The molecule has 5 heteroatoms. The second-order valence-corrected chi connectivity index (χ2v) is 4.26. The van der Waals surface area contributed by atoms with Crippen molar-refractivity contribution >= 4 is 27.7 Å². The number of carbonyl (C=O) groups excluding carboxylic acids is 1. The average molecular weight is 287 g/mol. The van der Waals surface area contributed by atoms with Crippen molar-refractivity contribution < 1.29 is 19.4 Å². The minimum absolute atomic E-state index is 0.231. The summed E-state index contributed by atoms with van der Waals surface area (Å²) in [7, 11) is 1.54. The predicted molar refractivity (Wildman–Crippen MR) is 62.3 cm³/mol. The number of methoxy groups -OCH3 is 1.